The lowest BCUT2D eigenvalue weighted by Gasteiger charge is -2.32. The van der Waals surface area contributed by atoms with E-state index in [1.165, 1.54) is 32.7 Å². The maximum Gasteiger partial charge on any atom is 0.0131 e. The number of hydrogen-bond donors (Lipinski definition) is 0. The van der Waals surface area contributed by atoms with Crippen molar-refractivity contribution in [1.29, 1.82) is 0 Å². The molecule has 24 heavy (non-hydrogen) atoms. The van der Waals surface area contributed by atoms with Crippen LogP contribution < -0.4 is 10.4 Å². The zero-order valence-corrected chi connectivity index (χ0v) is 13.4. The molecule has 2 aromatic carbocycles. The number of allylic oxidation sites excluding steroid dienone is 8. The van der Waals surface area contributed by atoms with E-state index < -0.39 is 0 Å². The Labute approximate surface area is 142 Å². The zero-order valence-electron chi connectivity index (χ0n) is 13.4. The van der Waals surface area contributed by atoms with Gasteiger partial charge in [0.15, 0.2) is 0 Å². The van der Waals surface area contributed by atoms with E-state index in [1.807, 2.05) is 0 Å². The molecular weight excluding hydrogens is 288 g/mol. The SMILES string of the molecule is C1=CC2=c3cccc(-c4ccccc4)c3=C3C=CC=CC3C2C=C1. The molecule has 0 bridgehead atoms. The van der Waals surface area contributed by atoms with Gasteiger partial charge in [0, 0.05) is 11.8 Å². The summed E-state index contributed by atoms with van der Waals surface area (Å²) in [6.45, 7) is 0. The molecule has 0 amide bonds. The molecule has 0 radical (unpaired) electrons. The van der Waals surface area contributed by atoms with E-state index in [9.17, 15) is 0 Å². The summed E-state index contributed by atoms with van der Waals surface area (Å²) in [4.78, 5) is 0. The first-order valence-electron chi connectivity index (χ1n) is 8.56. The van der Waals surface area contributed by atoms with Crippen LogP contribution in [0.15, 0.2) is 97.1 Å². The Balaban J connectivity index is 1.95. The highest BCUT2D eigenvalue weighted by atomic mass is 14.3. The predicted molar refractivity (Wildman–Crippen MR) is 101 cm³/mol. The molecule has 0 saturated heterocycles. The van der Waals surface area contributed by atoms with Crippen LogP contribution in [-0.2, 0) is 0 Å². The van der Waals surface area contributed by atoms with Crippen LogP contribution in [0.1, 0.15) is 0 Å². The average molecular weight is 306 g/mol. The first-order valence-corrected chi connectivity index (χ1v) is 8.56. The van der Waals surface area contributed by atoms with Gasteiger partial charge in [0.1, 0.15) is 0 Å². The molecule has 2 atom stereocenters. The minimum atomic E-state index is 0.434. The molecule has 0 spiro atoms. The lowest BCUT2D eigenvalue weighted by Crippen LogP contribution is -2.40. The highest BCUT2D eigenvalue weighted by Crippen LogP contribution is 2.37. The fourth-order valence-electron chi connectivity index (χ4n) is 4.22. The molecule has 0 fully saturated rings. The van der Waals surface area contributed by atoms with Crippen LogP contribution in [0.3, 0.4) is 0 Å². The van der Waals surface area contributed by atoms with Gasteiger partial charge in [-0.25, -0.2) is 0 Å². The summed E-state index contributed by atoms with van der Waals surface area (Å²) >= 11 is 0. The maximum atomic E-state index is 2.36. The highest BCUT2D eigenvalue weighted by Gasteiger charge is 2.29. The van der Waals surface area contributed by atoms with Crippen LogP contribution in [0.4, 0.5) is 0 Å². The van der Waals surface area contributed by atoms with E-state index in [2.05, 4.69) is 97.1 Å². The summed E-state index contributed by atoms with van der Waals surface area (Å²) in [5, 5.41) is 2.79. The van der Waals surface area contributed by atoms with Crippen molar-refractivity contribution < 1.29 is 0 Å². The molecule has 0 nitrogen and oxygen atoms in total. The predicted octanol–water partition coefficient (Wildman–Crippen LogP) is 4.15. The van der Waals surface area contributed by atoms with Crippen LogP contribution >= 0.6 is 0 Å². The summed E-state index contributed by atoms with van der Waals surface area (Å²) in [6, 6.07) is 17.5. The molecule has 2 aromatic rings. The number of benzene rings is 2. The van der Waals surface area contributed by atoms with E-state index in [0.717, 1.165) is 0 Å². The van der Waals surface area contributed by atoms with Gasteiger partial charge in [-0.2, -0.15) is 0 Å². The largest absolute Gasteiger partial charge is 0.0761 e. The second-order valence-corrected chi connectivity index (χ2v) is 6.54. The van der Waals surface area contributed by atoms with Crippen molar-refractivity contribution in [2.75, 3.05) is 0 Å². The molecule has 0 heterocycles. The topological polar surface area (TPSA) is 0 Å². The Morgan fingerprint density at radius 2 is 1.29 bits per heavy atom. The van der Waals surface area contributed by atoms with E-state index >= 15 is 0 Å². The monoisotopic (exact) mass is 306 g/mol. The third kappa shape index (κ3) is 1.93. The normalized spacial score (nSPS) is 23.0. The molecule has 0 heteroatoms. The molecular formula is C24H18. The summed E-state index contributed by atoms with van der Waals surface area (Å²) < 4.78 is 0. The van der Waals surface area contributed by atoms with Crippen LogP contribution in [0.5, 0.6) is 0 Å². The Morgan fingerprint density at radius 3 is 2.08 bits per heavy atom. The molecule has 5 rings (SSSR count). The third-order valence-corrected chi connectivity index (χ3v) is 5.26. The lowest BCUT2D eigenvalue weighted by atomic mass is 9.71. The van der Waals surface area contributed by atoms with Crippen molar-refractivity contribution in [3.63, 3.8) is 0 Å². The quantitative estimate of drug-likeness (QED) is 0.742. The van der Waals surface area contributed by atoms with Crippen molar-refractivity contribution >= 4 is 11.1 Å². The van der Waals surface area contributed by atoms with Gasteiger partial charge >= 0.3 is 0 Å². The summed E-state index contributed by atoms with van der Waals surface area (Å²) in [5.74, 6) is 0.883. The summed E-state index contributed by atoms with van der Waals surface area (Å²) in [7, 11) is 0. The van der Waals surface area contributed by atoms with Gasteiger partial charge in [-0.05, 0) is 32.7 Å². The van der Waals surface area contributed by atoms with E-state index in [-0.39, 0.29) is 0 Å². The van der Waals surface area contributed by atoms with Gasteiger partial charge in [-0.15, -0.1) is 0 Å². The van der Waals surface area contributed by atoms with E-state index in [1.54, 1.807) is 0 Å². The van der Waals surface area contributed by atoms with Crippen LogP contribution in [0, 0.1) is 11.8 Å². The molecule has 0 saturated carbocycles. The van der Waals surface area contributed by atoms with Crippen molar-refractivity contribution in [2.45, 2.75) is 0 Å². The fourth-order valence-corrected chi connectivity index (χ4v) is 4.22. The van der Waals surface area contributed by atoms with Crippen molar-refractivity contribution in [3.05, 3.63) is 108 Å². The fraction of sp³-hybridized carbons (Fsp3) is 0.0833. The Hall–Kier alpha value is -2.86. The Morgan fingerprint density at radius 1 is 0.583 bits per heavy atom. The molecule has 2 unspecified atom stereocenters. The summed E-state index contributed by atoms with van der Waals surface area (Å²) in [6.07, 6.45) is 18.0. The van der Waals surface area contributed by atoms with Crippen LogP contribution in [-0.4, -0.2) is 0 Å². The van der Waals surface area contributed by atoms with E-state index in [0.29, 0.717) is 11.8 Å². The van der Waals surface area contributed by atoms with Gasteiger partial charge in [0.2, 0.25) is 0 Å². The van der Waals surface area contributed by atoms with Crippen molar-refractivity contribution in [1.82, 2.24) is 0 Å². The third-order valence-electron chi connectivity index (χ3n) is 5.26. The number of hydrogen-bond acceptors (Lipinski definition) is 0. The molecule has 0 N–H and O–H groups in total. The molecule has 0 aliphatic heterocycles. The second-order valence-electron chi connectivity index (χ2n) is 6.54. The van der Waals surface area contributed by atoms with Gasteiger partial charge in [0.25, 0.3) is 0 Å². The van der Waals surface area contributed by atoms with Crippen LogP contribution in [0.2, 0.25) is 0 Å². The minimum Gasteiger partial charge on any atom is -0.0761 e. The van der Waals surface area contributed by atoms with Gasteiger partial charge in [0.05, 0.1) is 0 Å². The molecule has 3 aliphatic carbocycles. The van der Waals surface area contributed by atoms with Crippen molar-refractivity contribution in [2.24, 2.45) is 11.8 Å². The highest BCUT2D eigenvalue weighted by molar-refractivity contribution is 5.81. The van der Waals surface area contributed by atoms with Gasteiger partial charge in [-0.3, -0.25) is 0 Å². The second kappa shape index (κ2) is 5.35. The van der Waals surface area contributed by atoms with Crippen molar-refractivity contribution in [3.8, 4) is 11.1 Å². The lowest BCUT2D eigenvalue weighted by molar-refractivity contribution is 0.694. The number of rotatable bonds is 1. The van der Waals surface area contributed by atoms with Crippen LogP contribution in [0.25, 0.3) is 22.3 Å². The maximum absolute atomic E-state index is 2.36. The smallest absolute Gasteiger partial charge is 0.0131 e. The standard InChI is InChI=1S/C24H18/c1-2-9-17(10-3-1)18-15-8-16-23-21-12-5-4-11-19(21)20-13-6-7-14-22(20)24(18)23/h1-16,19-20H. The van der Waals surface area contributed by atoms with Gasteiger partial charge in [-0.1, -0.05) is 97.1 Å². The molecule has 3 aliphatic rings. The van der Waals surface area contributed by atoms with E-state index in [4.69, 9.17) is 0 Å². The van der Waals surface area contributed by atoms with Gasteiger partial charge < -0.3 is 0 Å². The Kier molecular flexibility index (Phi) is 3.02. The Bertz CT molecular complexity index is 1040. The molecule has 0 aromatic heterocycles. The number of fused-ring (bicyclic) bond motifs is 4. The average Bonchev–Trinajstić information content (AvgIpc) is 2.68. The first kappa shape index (κ1) is 13.6. The summed E-state index contributed by atoms with van der Waals surface area (Å²) in [5.41, 5.74) is 5.51. The first-order chi connectivity index (χ1) is 11.9. The minimum absolute atomic E-state index is 0.434. The molecule has 114 valence electrons. The zero-order chi connectivity index (χ0) is 15.9.